The number of fused-ring (bicyclic) bond motifs is 1. The summed E-state index contributed by atoms with van der Waals surface area (Å²) in [6.07, 6.45) is -8.73. The average molecular weight is 479 g/mol. The van der Waals surface area contributed by atoms with Crippen LogP contribution < -0.4 is 4.90 Å². The van der Waals surface area contributed by atoms with Gasteiger partial charge >= 0.3 is 12.4 Å². The maximum absolute atomic E-state index is 13.3. The third kappa shape index (κ3) is 5.31. The number of alkyl halides is 6. The van der Waals surface area contributed by atoms with Gasteiger partial charge in [-0.15, -0.1) is 0 Å². The van der Waals surface area contributed by atoms with Gasteiger partial charge in [0.05, 0.1) is 17.2 Å². The molecule has 1 aliphatic rings. The Morgan fingerprint density at radius 1 is 1.06 bits per heavy atom. The highest BCUT2D eigenvalue weighted by Gasteiger charge is 2.37. The first-order valence-electron chi connectivity index (χ1n) is 9.83. The van der Waals surface area contributed by atoms with E-state index in [2.05, 4.69) is 0 Å². The maximum atomic E-state index is 13.3. The Labute approximate surface area is 186 Å². The summed E-state index contributed by atoms with van der Waals surface area (Å²) in [5.74, 6) is -0.452. The molecule has 174 valence electrons. The Kier molecular flexibility index (Phi) is 6.70. The van der Waals surface area contributed by atoms with Crippen LogP contribution in [0.15, 0.2) is 36.4 Å². The Morgan fingerprint density at radius 2 is 1.66 bits per heavy atom. The zero-order chi connectivity index (χ0) is 23.8. The SMILES string of the molecule is CC(=O)N(Cc1cc(C(F)(F)F)cc(C(F)(F)F)c1)C1CCCN(C)c2cc(Cl)ccc21. The summed E-state index contributed by atoms with van der Waals surface area (Å²) in [5.41, 5.74) is -1.54. The monoisotopic (exact) mass is 478 g/mol. The van der Waals surface area contributed by atoms with Crippen LogP contribution in [-0.2, 0) is 23.7 Å². The minimum absolute atomic E-state index is 0.0829. The molecule has 1 amide bonds. The Balaban J connectivity index is 2.06. The first-order chi connectivity index (χ1) is 14.8. The normalized spacial score (nSPS) is 17.0. The molecule has 0 aromatic heterocycles. The molecule has 2 aromatic carbocycles. The molecule has 32 heavy (non-hydrogen) atoms. The number of rotatable bonds is 3. The maximum Gasteiger partial charge on any atom is 0.416 e. The van der Waals surface area contributed by atoms with Crippen molar-refractivity contribution in [1.29, 1.82) is 0 Å². The smallest absolute Gasteiger partial charge is 0.374 e. The average Bonchev–Trinajstić information content (AvgIpc) is 2.83. The van der Waals surface area contributed by atoms with Crippen LogP contribution in [0.25, 0.3) is 0 Å². The number of anilines is 1. The molecular formula is C22H21ClF6N2O. The summed E-state index contributed by atoms with van der Waals surface area (Å²) in [6, 6.07) is 6.02. The van der Waals surface area contributed by atoms with Crippen molar-refractivity contribution in [2.45, 2.75) is 44.7 Å². The van der Waals surface area contributed by atoms with Crippen LogP contribution in [0, 0.1) is 0 Å². The molecular weight excluding hydrogens is 458 g/mol. The third-order valence-corrected chi connectivity index (χ3v) is 5.75. The summed E-state index contributed by atoms with van der Waals surface area (Å²) >= 11 is 6.11. The number of carbonyl (C=O) groups excluding carboxylic acids is 1. The van der Waals surface area contributed by atoms with Gasteiger partial charge in [-0.3, -0.25) is 4.79 Å². The molecule has 10 heteroatoms. The summed E-state index contributed by atoms with van der Waals surface area (Å²) < 4.78 is 79.5. The molecule has 1 heterocycles. The lowest BCUT2D eigenvalue weighted by Gasteiger charge is -2.32. The molecule has 0 fully saturated rings. The van der Waals surface area contributed by atoms with E-state index in [0.717, 1.165) is 11.3 Å². The Hall–Kier alpha value is -2.42. The molecule has 0 spiro atoms. The van der Waals surface area contributed by atoms with Crippen LogP contribution in [0.1, 0.15) is 48.1 Å². The van der Waals surface area contributed by atoms with E-state index in [0.29, 0.717) is 36.5 Å². The predicted molar refractivity (Wildman–Crippen MR) is 109 cm³/mol. The van der Waals surface area contributed by atoms with E-state index in [9.17, 15) is 31.1 Å². The van der Waals surface area contributed by atoms with E-state index in [-0.39, 0.29) is 11.6 Å². The molecule has 0 aliphatic carbocycles. The molecule has 2 aromatic rings. The van der Waals surface area contributed by atoms with Crippen molar-refractivity contribution in [3.8, 4) is 0 Å². The van der Waals surface area contributed by atoms with Crippen molar-refractivity contribution in [2.24, 2.45) is 0 Å². The van der Waals surface area contributed by atoms with Gasteiger partial charge in [-0.2, -0.15) is 26.3 Å². The first-order valence-corrected chi connectivity index (χ1v) is 10.2. The fourth-order valence-electron chi connectivity index (χ4n) is 4.00. The molecule has 1 aliphatic heterocycles. The summed E-state index contributed by atoms with van der Waals surface area (Å²) in [6.45, 7) is 1.53. The highest BCUT2D eigenvalue weighted by atomic mass is 35.5. The van der Waals surface area contributed by atoms with Gasteiger partial charge in [0.1, 0.15) is 0 Å². The molecule has 0 radical (unpaired) electrons. The van der Waals surface area contributed by atoms with Crippen molar-refractivity contribution >= 4 is 23.2 Å². The number of hydrogen-bond donors (Lipinski definition) is 0. The number of halogens is 7. The molecule has 1 atom stereocenters. The standard InChI is InChI=1S/C22H21ClF6N2O/c1-13(32)31(19-4-3-7-30(2)20-11-17(23)5-6-18(19)20)12-14-8-15(21(24,25)26)10-16(9-14)22(27,28)29/h5-6,8-11,19H,3-4,7,12H2,1-2H3. The van der Waals surface area contributed by atoms with Crippen molar-refractivity contribution in [3.63, 3.8) is 0 Å². The van der Waals surface area contributed by atoms with E-state index < -0.39 is 42.0 Å². The lowest BCUT2D eigenvalue weighted by atomic mass is 9.98. The molecule has 0 bridgehead atoms. The van der Waals surface area contributed by atoms with E-state index in [4.69, 9.17) is 11.6 Å². The number of carbonyl (C=O) groups is 1. The van der Waals surface area contributed by atoms with E-state index in [1.54, 1.807) is 18.2 Å². The fraction of sp³-hybridized carbons (Fsp3) is 0.409. The van der Waals surface area contributed by atoms with Gasteiger partial charge in [0.15, 0.2) is 0 Å². The van der Waals surface area contributed by atoms with E-state index in [1.165, 1.54) is 11.8 Å². The summed E-state index contributed by atoms with van der Waals surface area (Å²) in [4.78, 5) is 15.8. The minimum atomic E-state index is -4.95. The van der Waals surface area contributed by atoms with Gasteiger partial charge < -0.3 is 9.80 Å². The zero-order valence-corrected chi connectivity index (χ0v) is 18.1. The van der Waals surface area contributed by atoms with E-state index >= 15 is 0 Å². The van der Waals surface area contributed by atoms with Gasteiger partial charge in [-0.25, -0.2) is 0 Å². The van der Waals surface area contributed by atoms with Gasteiger partial charge in [0.25, 0.3) is 0 Å². The quantitative estimate of drug-likeness (QED) is 0.458. The van der Waals surface area contributed by atoms with Crippen LogP contribution in [-0.4, -0.2) is 24.4 Å². The van der Waals surface area contributed by atoms with Crippen LogP contribution in [0.4, 0.5) is 32.0 Å². The van der Waals surface area contributed by atoms with Crippen LogP contribution in [0.3, 0.4) is 0 Å². The molecule has 1 unspecified atom stereocenters. The van der Waals surface area contributed by atoms with Crippen molar-refractivity contribution in [3.05, 3.63) is 63.7 Å². The van der Waals surface area contributed by atoms with Gasteiger partial charge in [0.2, 0.25) is 5.91 Å². The Bertz CT molecular complexity index is 973. The summed E-state index contributed by atoms with van der Waals surface area (Å²) in [7, 11) is 1.86. The molecule has 0 saturated heterocycles. The minimum Gasteiger partial charge on any atom is -0.374 e. The lowest BCUT2D eigenvalue weighted by molar-refractivity contribution is -0.143. The van der Waals surface area contributed by atoms with Crippen LogP contribution >= 0.6 is 11.6 Å². The van der Waals surface area contributed by atoms with Crippen molar-refractivity contribution in [1.82, 2.24) is 4.90 Å². The second-order valence-corrected chi connectivity index (χ2v) is 8.28. The van der Waals surface area contributed by atoms with Crippen LogP contribution in [0.5, 0.6) is 0 Å². The summed E-state index contributed by atoms with van der Waals surface area (Å²) in [5, 5.41) is 0.485. The number of nitrogens with zero attached hydrogens (tertiary/aromatic N) is 2. The van der Waals surface area contributed by atoms with Gasteiger partial charge in [0, 0.05) is 37.8 Å². The number of amides is 1. The second kappa shape index (κ2) is 8.84. The van der Waals surface area contributed by atoms with Crippen molar-refractivity contribution < 1.29 is 31.1 Å². The Morgan fingerprint density at radius 3 is 2.19 bits per heavy atom. The van der Waals surface area contributed by atoms with Crippen LogP contribution in [0.2, 0.25) is 5.02 Å². The first kappa shape index (κ1) is 24.2. The topological polar surface area (TPSA) is 23.6 Å². The van der Waals surface area contributed by atoms with Gasteiger partial charge in [-0.05, 0) is 54.3 Å². The second-order valence-electron chi connectivity index (χ2n) is 7.84. The largest absolute Gasteiger partial charge is 0.416 e. The third-order valence-electron chi connectivity index (χ3n) is 5.51. The number of benzene rings is 2. The highest BCUT2D eigenvalue weighted by Crippen LogP contribution is 2.40. The molecule has 0 saturated carbocycles. The molecule has 3 rings (SSSR count). The van der Waals surface area contributed by atoms with Crippen molar-refractivity contribution in [2.75, 3.05) is 18.5 Å². The molecule has 3 nitrogen and oxygen atoms in total. The van der Waals surface area contributed by atoms with E-state index in [1.807, 2.05) is 11.9 Å². The predicted octanol–water partition coefficient (Wildman–Crippen LogP) is 6.70. The lowest BCUT2D eigenvalue weighted by Crippen LogP contribution is -2.33. The fourth-order valence-corrected chi connectivity index (χ4v) is 4.17. The van der Waals surface area contributed by atoms with Gasteiger partial charge in [-0.1, -0.05) is 17.7 Å². The number of hydrogen-bond acceptors (Lipinski definition) is 2. The highest BCUT2D eigenvalue weighted by molar-refractivity contribution is 6.30. The molecule has 0 N–H and O–H groups in total. The zero-order valence-electron chi connectivity index (χ0n) is 17.3.